The monoisotopic (exact) mass is 473 g/mol. The van der Waals surface area contributed by atoms with Crippen LogP contribution in [-0.2, 0) is 11.3 Å². The van der Waals surface area contributed by atoms with E-state index in [1.807, 2.05) is 36.4 Å². The number of halogens is 1. The molecule has 35 heavy (non-hydrogen) atoms. The zero-order chi connectivity index (χ0) is 24.5. The Bertz CT molecular complexity index is 1090. The van der Waals surface area contributed by atoms with Crippen LogP contribution >= 0.6 is 0 Å². The van der Waals surface area contributed by atoms with Gasteiger partial charge >= 0.3 is 0 Å². The third-order valence-corrected chi connectivity index (χ3v) is 6.38. The van der Waals surface area contributed by atoms with Crippen molar-refractivity contribution in [2.24, 2.45) is 0 Å². The number of nitrogens with one attached hydrogen (secondary N) is 3. The number of unbranched alkanes of at least 4 members (excludes halogenated alkanes) is 1. The van der Waals surface area contributed by atoms with Crippen LogP contribution in [0.15, 0.2) is 84.9 Å². The lowest BCUT2D eigenvalue weighted by molar-refractivity contribution is -0.123. The zero-order valence-electron chi connectivity index (χ0n) is 19.8. The summed E-state index contributed by atoms with van der Waals surface area (Å²) in [6.07, 6.45) is 3.39. The van der Waals surface area contributed by atoms with E-state index in [0.29, 0.717) is 30.5 Å². The highest BCUT2D eigenvalue weighted by atomic mass is 19.1. The Morgan fingerprint density at radius 3 is 2.29 bits per heavy atom. The smallest absolute Gasteiger partial charge is 0.251 e. The lowest BCUT2D eigenvalue weighted by atomic mass is 10.1. The third-order valence-electron chi connectivity index (χ3n) is 6.38. The molecule has 1 aliphatic rings. The van der Waals surface area contributed by atoms with Gasteiger partial charge in [0.05, 0.1) is 0 Å². The molecule has 1 unspecified atom stereocenters. The van der Waals surface area contributed by atoms with Crippen molar-refractivity contribution in [2.45, 2.75) is 50.2 Å². The van der Waals surface area contributed by atoms with Gasteiger partial charge in [-0.2, -0.15) is 0 Å². The highest BCUT2D eigenvalue weighted by Crippen LogP contribution is 2.40. The van der Waals surface area contributed by atoms with Crippen molar-refractivity contribution < 1.29 is 14.0 Å². The Kier molecular flexibility index (Phi) is 8.63. The summed E-state index contributed by atoms with van der Waals surface area (Å²) >= 11 is 0. The fourth-order valence-corrected chi connectivity index (χ4v) is 4.27. The van der Waals surface area contributed by atoms with E-state index in [1.54, 1.807) is 0 Å². The van der Waals surface area contributed by atoms with Gasteiger partial charge in [-0.25, -0.2) is 4.39 Å². The van der Waals surface area contributed by atoms with E-state index >= 15 is 0 Å². The third kappa shape index (κ3) is 7.49. The van der Waals surface area contributed by atoms with Crippen molar-refractivity contribution in [3.05, 3.63) is 107 Å². The first-order chi connectivity index (χ1) is 17.1. The van der Waals surface area contributed by atoms with Crippen LogP contribution < -0.4 is 16.0 Å². The average molecular weight is 474 g/mol. The number of hydrogen-bond donors (Lipinski definition) is 3. The molecule has 182 valence electrons. The number of benzene rings is 3. The first kappa shape index (κ1) is 24.6. The lowest BCUT2D eigenvalue weighted by Crippen LogP contribution is -2.46. The van der Waals surface area contributed by atoms with Crippen LogP contribution in [0.5, 0.6) is 0 Å². The summed E-state index contributed by atoms with van der Waals surface area (Å²) in [7, 11) is 0. The maximum Gasteiger partial charge on any atom is 0.251 e. The molecule has 0 heterocycles. The van der Waals surface area contributed by atoms with Crippen LogP contribution in [0.1, 0.15) is 53.1 Å². The second-order valence-electron chi connectivity index (χ2n) is 9.05. The van der Waals surface area contributed by atoms with Crippen LogP contribution in [-0.4, -0.2) is 30.4 Å². The molecule has 5 nitrogen and oxygen atoms in total. The summed E-state index contributed by atoms with van der Waals surface area (Å²) in [6.45, 7) is 1.27. The highest BCUT2D eigenvalue weighted by Gasteiger charge is 2.37. The molecule has 1 fully saturated rings. The van der Waals surface area contributed by atoms with Crippen molar-refractivity contribution in [2.75, 3.05) is 6.54 Å². The topological polar surface area (TPSA) is 70.2 Å². The summed E-state index contributed by atoms with van der Waals surface area (Å²) < 4.78 is 13.2. The molecule has 0 aliphatic heterocycles. The van der Waals surface area contributed by atoms with Crippen molar-refractivity contribution in [3.8, 4) is 0 Å². The van der Waals surface area contributed by atoms with Gasteiger partial charge in [0.1, 0.15) is 11.9 Å². The minimum atomic E-state index is -0.658. The van der Waals surface area contributed by atoms with Gasteiger partial charge in [-0.05, 0) is 67.6 Å². The van der Waals surface area contributed by atoms with E-state index in [2.05, 4.69) is 40.2 Å². The molecular formula is C29H32FN3O2. The van der Waals surface area contributed by atoms with E-state index in [-0.39, 0.29) is 11.8 Å². The maximum atomic E-state index is 13.2. The van der Waals surface area contributed by atoms with E-state index < -0.39 is 11.9 Å². The molecule has 0 saturated heterocycles. The first-order valence-electron chi connectivity index (χ1n) is 12.3. The molecule has 0 radical (unpaired) electrons. The van der Waals surface area contributed by atoms with Gasteiger partial charge < -0.3 is 16.0 Å². The number of hydrogen-bond acceptors (Lipinski definition) is 3. The second-order valence-corrected chi connectivity index (χ2v) is 9.05. The molecule has 1 aliphatic carbocycles. The summed E-state index contributed by atoms with van der Waals surface area (Å²) in [6, 6.07) is 25.4. The van der Waals surface area contributed by atoms with Gasteiger partial charge in [0.15, 0.2) is 0 Å². The zero-order valence-corrected chi connectivity index (χ0v) is 19.8. The van der Waals surface area contributed by atoms with E-state index in [4.69, 9.17) is 0 Å². The summed E-state index contributed by atoms with van der Waals surface area (Å²) in [5.41, 5.74) is 2.70. The van der Waals surface area contributed by atoms with E-state index in [0.717, 1.165) is 31.4 Å². The fraction of sp³-hybridized carbons (Fsp3) is 0.310. The van der Waals surface area contributed by atoms with Crippen LogP contribution in [0.4, 0.5) is 4.39 Å². The predicted molar refractivity (Wildman–Crippen MR) is 135 cm³/mol. The van der Waals surface area contributed by atoms with Crippen LogP contribution in [0.2, 0.25) is 0 Å². The number of carbonyl (C=O) groups excluding carboxylic acids is 2. The molecule has 0 spiro atoms. The maximum absolute atomic E-state index is 13.2. The molecule has 3 atom stereocenters. The minimum Gasteiger partial charge on any atom is -0.350 e. The van der Waals surface area contributed by atoms with Gasteiger partial charge in [-0.1, -0.05) is 60.7 Å². The van der Waals surface area contributed by atoms with Crippen molar-refractivity contribution in [1.29, 1.82) is 0 Å². The van der Waals surface area contributed by atoms with Gasteiger partial charge in [0.2, 0.25) is 5.91 Å². The van der Waals surface area contributed by atoms with E-state index in [1.165, 1.54) is 29.8 Å². The number of amides is 2. The summed E-state index contributed by atoms with van der Waals surface area (Å²) in [5, 5.41) is 9.37. The SMILES string of the molecule is O=C(N[C@@H](CCCCN[C@@H]1CC1c1ccccc1)C(=O)NCc1ccccc1)c1ccc(F)cc1. The van der Waals surface area contributed by atoms with Crippen molar-refractivity contribution in [1.82, 2.24) is 16.0 Å². The lowest BCUT2D eigenvalue weighted by Gasteiger charge is -2.19. The first-order valence-corrected chi connectivity index (χ1v) is 12.3. The molecule has 3 aromatic carbocycles. The molecule has 0 aromatic heterocycles. The van der Waals surface area contributed by atoms with Crippen LogP contribution in [0.3, 0.4) is 0 Å². The Labute approximate surface area is 206 Å². The second kappa shape index (κ2) is 12.3. The average Bonchev–Trinajstić information content (AvgIpc) is 3.67. The van der Waals surface area contributed by atoms with Gasteiger partial charge in [0.25, 0.3) is 5.91 Å². The quantitative estimate of drug-likeness (QED) is 0.338. The van der Waals surface area contributed by atoms with Crippen molar-refractivity contribution in [3.63, 3.8) is 0 Å². The standard InChI is InChI=1S/C29H32FN3O2/c30-24-16-14-23(15-17-24)28(34)33-26(29(35)32-20-21-9-3-1-4-10-21)13-7-8-18-31-27-19-25(27)22-11-5-2-6-12-22/h1-6,9-12,14-17,25-27,31H,7-8,13,18-20H2,(H,32,35)(H,33,34)/t25?,26-,27+/m0/s1. The molecular weight excluding hydrogens is 441 g/mol. The Balaban J connectivity index is 1.25. The Morgan fingerprint density at radius 2 is 1.57 bits per heavy atom. The molecule has 3 aromatic rings. The molecule has 0 bridgehead atoms. The van der Waals surface area contributed by atoms with Crippen molar-refractivity contribution >= 4 is 11.8 Å². The van der Waals surface area contributed by atoms with Gasteiger partial charge in [0, 0.05) is 24.1 Å². The summed E-state index contributed by atoms with van der Waals surface area (Å²) in [4.78, 5) is 25.6. The molecule has 6 heteroatoms. The van der Waals surface area contributed by atoms with Crippen LogP contribution in [0, 0.1) is 5.82 Å². The van der Waals surface area contributed by atoms with Gasteiger partial charge in [-0.3, -0.25) is 9.59 Å². The largest absolute Gasteiger partial charge is 0.350 e. The van der Waals surface area contributed by atoms with E-state index in [9.17, 15) is 14.0 Å². The molecule has 2 amide bonds. The Morgan fingerprint density at radius 1 is 0.886 bits per heavy atom. The normalized spacial score (nSPS) is 17.4. The highest BCUT2D eigenvalue weighted by molar-refractivity contribution is 5.97. The summed E-state index contributed by atoms with van der Waals surface area (Å²) in [5.74, 6) is -0.422. The number of rotatable bonds is 12. The number of carbonyl (C=O) groups is 2. The minimum absolute atomic E-state index is 0.219. The molecule has 1 saturated carbocycles. The van der Waals surface area contributed by atoms with Gasteiger partial charge in [-0.15, -0.1) is 0 Å². The predicted octanol–water partition coefficient (Wildman–Crippen LogP) is 4.56. The fourth-order valence-electron chi connectivity index (χ4n) is 4.27. The molecule has 4 rings (SSSR count). The molecule has 3 N–H and O–H groups in total. The van der Waals surface area contributed by atoms with Crippen LogP contribution in [0.25, 0.3) is 0 Å². The Hall–Kier alpha value is -3.51.